The van der Waals surface area contributed by atoms with Crippen LogP contribution in [0.5, 0.6) is 0 Å². The lowest BCUT2D eigenvalue weighted by atomic mass is 9.96. The molecule has 5 heteroatoms. The Morgan fingerprint density at radius 1 is 0.292 bits per heavy atom. The van der Waals surface area contributed by atoms with Crippen LogP contribution >= 0.6 is 0 Å². The highest BCUT2D eigenvalue weighted by atomic mass is 16.3. The smallest absolute Gasteiger partial charge is 0.135 e. The topological polar surface area (TPSA) is 64.7 Å². The third-order valence-corrected chi connectivity index (χ3v) is 13.3. The van der Waals surface area contributed by atoms with Crippen LogP contribution in [0.3, 0.4) is 0 Å². The van der Waals surface area contributed by atoms with Crippen LogP contribution in [0, 0.1) is 27.7 Å². The first-order valence-electron chi connectivity index (χ1n) is 22.2. The Hall–Kier alpha value is -8.28. The van der Waals surface area contributed by atoms with Gasteiger partial charge < -0.3 is 4.42 Å². The first-order chi connectivity index (χ1) is 31.8. The summed E-state index contributed by atoms with van der Waals surface area (Å²) in [4.78, 5) is 20.8. The third-order valence-electron chi connectivity index (χ3n) is 13.3. The van der Waals surface area contributed by atoms with Crippen molar-refractivity contribution in [1.29, 1.82) is 0 Å². The van der Waals surface area contributed by atoms with Gasteiger partial charge >= 0.3 is 0 Å². The fraction of sp³-hybridized carbons (Fsp3) is 0.0667. The van der Waals surface area contributed by atoms with Crippen LogP contribution in [-0.2, 0) is 0 Å². The van der Waals surface area contributed by atoms with Crippen molar-refractivity contribution in [2.24, 2.45) is 0 Å². The number of nitrogens with zero attached hydrogens (tertiary/aromatic N) is 4. The highest BCUT2D eigenvalue weighted by molar-refractivity contribution is 6.24. The van der Waals surface area contributed by atoms with Crippen molar-refractivity contribution in [2.75, 3.05) is 0 Å². The second kappa shape index (κ2) is 14.1. The van der Waals surface area contributed by atoms with Crippen molar-refractivity contribution in [3.05, 3.63) is 192 Å². The van der Waals surface area contributed by atoms with E-state index >= 15 is 0 Å². The first kappa shape index (κ1) is 37.3. The summed E-state index contributed by atoms with van der Waals surface area (Å²) in [5.74, 6) is 0. The van der Waals surface area contributed by atoms with Gasteiger partial charge in [-0.2, -0.15) is 0 Å². The van der Waals surface area contributed by atoms with Gasteiger partial charge in [-0.1, -0.05) is 144 Å². The van der Waals surface area contributed by atoms with Crippen molar-refractivity contribution >= 4 is 87.1 Å². The fourth-order valence-corrected chi connectivity index (χ4v) is 10.0. The maximum absolute atomic E-state index is 6.42. The predicted octanol–water partition coefficient (Wildman–Crippen LogP) is 16.0. The van der Waals surface area contributed by atoms with Crippen molar-refractivity contribution in [3.63, 3.8) is 0 Å². The summed E-state index contributed by atoms with van der Waals surface area (Å²) >= 11 is 0. The zero-order valence-electron chi connectivity index (χ0n) is 36.4. The van der Waals surface area contributed by atoms with Gasteiger partial charge in [0.2, 0.25) is 0 Å². The number of aryl methyl sites for hydroxylation is 4. The van der Waals surface area contributed by atoms with Gasteiger partial charge in [-0.3, -0.25) is 9.97 Å². The Labute approximate surface area is 374 Å². The first-order valence-corrected chi connectivity index (χ1v) is 22.2. The van der Waals surface area contributed by atoms with E-state index in [2.05, 4.69) is 185 Å². The average Bonchev–Trinajstić information content (AvgIpc) is 3.71. The molecular weight excluding hydrogens is 793 g/mol. The summed E-state index contributed by atoms with van der Waals surface area (Å²) in [6.07, 6.45) is 3.84. The molecule has 0 radical (unpaired) electrons. The highest BCUT2D eigenvalue weighted by Gasteiger charge is 2.17. The van der Waals surface area contributed by atoms with E-state index in [0.29, 0.717) is 0 Å². The van der Waals surface area contributed by atoms with Crippen molar-refractivity contribution in [3.8, 4) is 44.8 Å². The molecule has 5 nitrogen and oxygen atoms in total. The Balaban J connectivity index is 0.873. The van der Waals surface area contributed by atoms with E-state index in [1.54, 1.807) is 0 Å². The van der Waals surface area contributed by atoms with Gasteiger partial charge in [0.15, 0.2) is 0 Å². The molecule has 0 amide bonds. The Kier molecular flexibility index (Phi) is 8.10. The summed E-state index contributed by atoms with van der Waals surface area (Å²) < 4.78 is 6.42. The normalized spacial score (nSPS) is 12.0. The van der Waals surface area contributed by atoms with Crippen molar-refractivity contribution in [2.45, 2.75) is 27.7 Å². The number of hydrogen-bond acceptors (Lipinski definition) is 5. The lowest BCUT2D eigenvalue weighted by Gasteiger charge is -2.12. The van der Waals surface area contributed by atoms with Crippen LogP contribution in [0.4, 0.5) is 0 Å². The largest absolute Gasteiger partial charge is 0.456 e. The maximum Gasteiger partial charge on any atom is 0.135 e. The zero-order chi connectivity index (χ0) is 43.5. The van der Waals surface area contributed by atoms with Gasteiger partial charge in [0.25, 0.3) is 0 Å². The molecule has 0 bridgehead atoms. The van der Waals surface area contributed by atoms with Crippen molar-refractivity contribution in [1.82, 2.24) is 19.9 Å². The molecule has 0 N–H and O–H groups in total. The summed E-state index contributed by atoms with van der Waals surface area (Å²) in [6, 6.07) is 56.6. The molecule has 0 atom stereocenters. The van der Waals surface area contributed by atoms with Crippen LogP contribution in [-0.4, -0.2) is 19.9 Å². The van der Waals surface area contributed by atoms with E-state index in [9.17, 15) is 0 Å². The molecule has 13 rings (SSSR count). The van der Waals surface area contributed by atoms with Gasteiger partial charge in [0.1, 0.15) is 11.2 Å². The molecule has 0 aliphatic heterocycles. The molecule has 3 aromatic heterocycles. The summed E-state index contributed by atoms with van der Waals surface area (Å²) in [5.41, 5.74) is 18.4. The Morgan fingerprint density at radius 2 is 0.646 bits per heavy atom. The average molecular weight is 833 g/mol. The predicted molar refractivity (Wildman–Crippen MR) is 271 cm³/mol. The Bertz CT molecular complexity index is 3910. The van der Waals surface area contributed by atoms with E-state index in [1.165, 1.54) is 43.8 Å². The zero-order valence-corrected chi connectivity index (χ0v) is 36.4. The number of benzene rings is 10. The van der Waals surface area contributed by atoms with E-state index in [4.69, 9.17) is 24.4 Å². The van der Waals surface area contributed by atoms with Crippen LogP contribution in [0.1, 0.15) is 22.3 Å². The minimum Gasteiger partial charge on any atom is -0.456 e. The molecule has 13 aromatic rings. The van der Waals surface area contributed by atoms with Gasteiger partial charge in [-0.15, -0.1) is 0 Å². The monoisotopic (exact) mass is 832 g/mol. The van der Waals surface area contributed by atoms with Crippen LogP contribution in [0.15, 0.2) is 175 Å². The molecule has 10 aromatic carbocycles. The van der Waals surface area contributed by atoms with Crippen LogP contribution in [0.25, 0.3) is 132 Å². The Morgan fingerprint density at radius 3 is 1.05 bits per heavy atom. The summed E-state index contributed by atoms with van der Waals surface area (Å²) in [7, 11) is 0. The van der Waals surface area contributed by atoms with Crippen LogP contribution in [0.2, 0.25) is 0 Å². The van der Waals surface area contributed by atoms with Crippen molar-refractivity contribution < 1.29 is 4.42 Å². The molecular formula is C60H40N4O. The molecule has 0 unspecified atom stereocenters. The number of aromatic nitrogens is 4. The maximum atomic E-state index is 6.42. The fourth-order valence-electron chi connectivity index (χ4n) is 10.0. The van der Waals surface area contributed by atoms with E-state index in [-0.39, 0.29) is 0 Å². The lowest BCUT2D eigenvalue weighted by Crippen LogP contribution is -1.93. The minimum atomic E-state index is 0.844. The molecule has 3 heterocycles. The summed E-state index contributed by atoms with van der Waals surface area (Å²) in [6.45, 7) is 8.58. The van der Waals surface area contributed by atoms with Gasteiger partial charge in [-0.05, 0) is 108 Å². The second-order valence-electron chi connectivity index (χ2n) is 17.8. The summed E-state index contributed by atoms with van der Waals surface area (Å²) in [5, 5.41) is 11.5. The molecule has 0 aliphatic rings. The van der Waals surface area contributed by atoms with E-state index in [0.717, 1.165) is 110 Å². The number of furan rings is 1. The number of rotatable bonds is 4. The number of fused-ring (bicyclic) bond motifs is 15. The van der Waals surface area contributed by atoms with Crippen LogP contribution < -0.4 is 0 Å². The van der Waals surface area contributed by atoms with Gasteiger partial charge in [-0.25, -0.2) is 9.97 Å². The molecule has 0 aliphatic carbocycles. The SMILES string of the molecule is Cc1ccc2c(c1)c1cc(C)ccc1c1nc(-c3cccc(-c4ccc5oc6ccc(-c7cccc(-c8cnc9c%10ccc(C)cc%10c%10cc(C)ccc%10c9n8)c7)cc6c5c4)c3)cnc21. The minimum absolute atomic E-state index is 0.844. The standard InChI is InChI=1S/C60H40N4O/c1-33-11-17-43-47(23-33)49-25-35(3)13-19-45(49)59-57(43)61-31-53(63-59)41-9-5-7-37(27-41)39-15-21-55-51(29-39)52-30-40(16-22-56(52)65-55)38-8-6-10-42(28-38)54-32-62-58-44-18-12-34(2)24-48(44)50-26-36(4)14-20-46(50)60(58)64-54/h5-32H,1-4H3. The molecule has 0 fully saturated rings. The van der Waals surface area contributed by atoms with Gasteiger partial charge in [0, 0.05) is 43.4 Å². The van der Waals surface area contributed by atoms with Gasteiger partial charge in [0.05, 0.1) is 45.8 Å². The molecule has 65 heavy (non-hydrogen) atoms. The van der Waals surface area contributed by atoms with E-state index < -0.39 is 0 Å². The molecule has 0 saturated carbocycles. The molecule has 306 valence electrons. The lowest BCUT2D eigenvalue weighted by molar-refractivity contribution is 0.669. The number of hydrogen-bond donors (Lipinski definition) is 0. The highest BCUT2D eigenvalue weighted by Crippen LogP contribution is 2.40. The quantitative estimate of drug-likeness (QED) is 0.165. The van der Waals surface area contributed by atoms with E-state index in [1.807, 2.05) is 12.4 Å². The molecule has 0 saturated heterocycles. The molecule has 0 spiro atoms. The second-order valence-corrected chi connectivity index (χ2v) is 17.8. The third kappa shape index (κ3) is 6.00.